The smallest absolute Gasteiger partial charge is 0.261 e. The fraction of sp³-hybridized carbons (Fsp3) is 0.273. The summed E-state index contributed by atoms with van der Waals surface area (Å²) in [6.45, 7) is 1.73. The highest BCUT2D eigenvalue weighted by Gasteiger charge is 2.37. The number of H-pyrrole nitrogens is 2. The lowest BCUT2D eigenvalue weighted by molar-refractivity contribution is 0.0115. The molecule has 0 bridgehead atoms. The van der Waals surface area contributed by atoms with Gasteiger partial charge in [-0.15, -0.1) is 0 Å². The molecule has 1 aliphatic heterocycles. The summed E-state index contributed by atoms with van der Waals surface area (Å²) in [4.78, 5) is 21.0. The molecular formula is C33H31F3N8O. The van der Waals surface area contributed by atoms with Crippen LogP contribution in [-0.4, -0.2) is 86.2 Å². The minimum Gasteiger partial charge on any atom is -0.492 e. The van der Waals surface area contributed by atoms with Gasteiger partial charge < -0.3 is 14.6 Å². The molecule has 6 aromatic rings. The van der Waals surface area contributed by atoms with E-state index in [1.165, 1.54) is 12.1 Å². The van der Waals surface area contributed by atoms with E-state index in [0.29, 0.717) is 65.7 Å². The second-order valence-electron chi connectivity index (χ2n) is 11.7. The molecular weight excluding hydrogens is 581 g/mol. The zero-order valence-electron chi connectivity index (χ0n) is 24.8. The average Bonchev–Trinajstić information content (AvgIpc) is 3.72. The van der Waals surface area contributed by atoms with E-state index in [-0.39, 0.29) is 13.0 Å². The molecule has 5 heterocycles. The van der Waals surface area contributed by atoms with Gasteiger partial charge in [0.2, 0.25) is 0 Å². The number of halogens is 3. The molecule has 2 N–H and O–H groups in total. The molecule has 0 radical (unpaired) electrons. The maximum absolute atomic E-state index is 14.6. The molecule has 9 nitrogen and oxygen atoms in total. The lowest BCUT2D eigenvalue weighted by Crippen LogP contribution is -2.24. The maximum atomic E-state index is 14.6. The second kappa shape index (κ2) is 11.6. The van der Waals surface area contributed by atoms with Crippen LogP contribution in [0.25, 0.3) is 55.8 Å². The molecule has 2 aromatic carbocycles. The standard InChI is InChI=1S/C33H31F3N8O/c1-43(2)8-9-45-24-12-22(11-23(34)13-24)26-15-37-16-29-30(26)40-32(39-29)31-25-14-27(38-17-28(25)41-42-31)21-5-3-4-20(10-21)18-44-7-6-33(35,36)19-44/h3-5,10-17H,6-9,18-19H2,1-2H3,(H,39,40)(H,41,42). The minimum absolute atomic E-state index is 0.109. The monoisotopic (exact) mass is 612 g/mol. The number of alkyl halides is 2. The molecule has 7 rings (SSSR count). The number of imidazole rings is 1. The number of nitrogens with one attached hydrogen (secondary N) is 2. The number of nitrogens with zero attached hydrogens (tertiary/aromatic N) is 6. The van der Waals surface area contributed by atoms with Crippen molar-refractivity contribution in [2.75, 3.05) is 40.3 Å². The van der Waals surface area contributed by atoms with Gasteiger partial charge in [0.15, 0.2) is 5.82 Å². The normalized spacial score (nSPS) is 15.1. The fourth-order valence-electron chi connectivity index (χ4n) is 5.69. The number of ether oxygens (including phenoxy) is 1. The third-order valence-corrected chi connectivity index (χ3v) is 7.93. The fourth-order valence-corrected chi connectivity index (χ4v) is 5.69. The largest absolute Gasteiger partial charge is 0.492 e. The van der Waals surface area contributed by atoms with Crippen LogP contribution in [0.15, 0.2) is 67.1 Å². The Morgan fingerprint density at radius 3 is 2.73 bits per heavy atom. The molecule has 4 aromatic heterocycles. The molecule has 0 unspecified atom stereocenters. The average molecular weight is 613 g/mol. The van der Waals surface area contributed by atoms with Crippen LogP contribution in [0.1, 0.15) is 12.0 Å². The van der Waals surface area contributed by atoms with Gasteiger partial charge in [-0.25, -0.2) is 18.2 Å². The number of aromatic nitrogens is 6. The number of fused-ring (bicyclic) bond motifs is 2. The Balaban J connectivity index is 1.20. The van der Waals surface area contributed by atoms with Gasteiger partial charge in [-0.1, -0.05) is 18.2 Å². The van der Waals surface area contributed by atoms with Crippen molar-refractivity contribution in [2.24, 2.45) is 0 Å². The first kappa shape index (κ1) is 28.9. The highest BCUT2D eigenvalue weighted by molar-refractivity contribution is 5.97. The third kappa shape index (κ3) is 6.11. The molecule has 12 heteroatoms. The Morgan fingerprint density at radius 2 is 1.91 bits per heavy atom. The summed E-state index contributed by atoms with van der Waals surface area (Å²) < 4.78 is 47.9. The predicted octanol–water partition coefficient (Wildman–Crippen LogP) is 6.15. The van der Waals surface area contributed by atoms with E-state index >= 15 is 0 Å². The Hall–Kier alpha value is -4.81. The number of pyridine rings is 2. The van der Waals surface area contributed by atoms with Crippen molar-refractivity contribution in [2.45, 2.75) is 18.9 Å². The number of likely N-dealkylation sites (N-methyl/N-ethyl adjacent to an activating group) is 1. The van der Waals surface area contributed by atoms with Gasteiger partial charge in [0, 0.05) is 54.8 Å². The van der Waals surface area contributed by atoms with Crippen LogP contribution in [0.3, 0.4) is 0 Å². The topological polar surface area (TPSA) is 98.8 Å². The molecule has 1 aliphatic rings. The summed E-state index contributed by atoms with van der Waals surface area (Å²) in [5.74, 6) is -2.10. The first-order valence-corrected chi connectivity index (χ1v) is 14.7. The van der Waals surface area contributed by atoms with Crippen LogP contribution in [0.2, 0.25) is 0 Å². The van der Waals surface area contributed by atoms with Crippen molar-refractivity contribution in [3.63, 3.8) is 0 Å². The summed E-state index contributed by atoms with van der Waals surface area (Å²) in [5.41, 5.74) is 6.41. The lowest BCUT2D eigenvalue weighted by Gasteiger charge is -2.16. The Labute approximate surface area is 257 Å². The molecule has 0 atom stereocenters. The van der Waals surface area contributed by atoms with E-state index in [0.717, 1.165) is 27.7 Å². The summed E-state index contributed by atoms with van der Waals surface area (Å²) in [6.07, 6.45) is 4.94. The first-order chi connectivity index (χ1) is 21.7. The van der Waals surface area contributed by atoms with Crippen LogP contribution in [-0.2, 0) is 6.54 Å². The van der Waals surface area contributed by atoms with Crippen LogP contribution in [0.5, 0.6) is 5.75 Å². The maximum Gasteiger partial charge on any atom is 0.261 e. The van der Waals surface area contributed by atoms with Gasteiger partial charge in [0.1, 0.15) is 23.9 Å². The quantitative estimate of drug-likeness (QED) is 0.202. The van der Waals surface area contributed by atoms with Crippen LogP contribution >= 0.6 is 0 Å². The van der Waals surface area contributed by atoms with E-state index in [1.54, 1.807) is 29.6 Å². The number of hydrogen-bond acceptors (Lipinski definition) is 7. The zero-order chi connectivity index (χ0) is 31.1. The number of likely N-dealkylation sites (tertiary alicyclic amines) is 1. The summed E-state index contributed by atoms with van der Waals surface area (Å²) in [6, 6.07) is 14.3. The summed E-state index contributed by atoms with van der Waals surface area (Å²) >= 11 is 0. The van der Waals surface area contributed by atoms with Crippen molar-refractivity contribution < 1.29 is 17.9 Å². The molecule has 0 spiro atoms. The van der Waals surface area contributed by atoms with Gasteiger partial charge in [-0.3, -0.25) is 20.0 Å². The number of hydrogen-bond donors (Lipinski definition) is 2. The first-order valence-electron chi connectivity index (χ1n) is 14.7. The molecule has 45 heavy (non-hydrogen) atoms. The van der Waals surface area contributed by atoms with Crippen LogP contribution < -0.4 is 4.74 Å². The number of aromatic amines is 2. The van der Waals surface area contributed by atoms with Gasteiger partial charge in [0.05, 0.1) is 41.2 Å². The molecule has 0 aliphatic carbocycles. The number of benzene rings is 2. The van der Waals surface area contributed by atoms with Gasteiger partial charge >= 0.3 is 0 Å². The van der Waals surface area contributed by atoms with Crippen molar-refractivity contribution >= 4 is 21.9 Å². The van der Waals surface area contributed by atoms with E-state index in [2.05, 4.69) is 25.1 Å². The van der Waals surface area contributed by atoms with E-state index < -0.39 is 11.7 Å². The molecule has 0 saturated carbocycles. The molecule has 1 saturated heterocycles. The lowest BCUT2D eigenvalue weighted by atomic mass is 10.1. The zero-order valence-corrected chi connectivity index (χ0v) is 24.8. The van der Waals surface area contributed by atoms with E-state index in [1.807, 2.05) is 49.3 Å². The van der Waals surface area contributed by atoms with Gasteiger partial charge in [-0.2, -0.15) is 5.10 Å². The Kier molecular flexibility index (Phi) is 7.46. The van der Waals surface area contributed by atoms with Crippen molar-refractivity contribution in [1.82, 2.24) is 39.9 Å². The van der Waals surface area contributed by atoms with Crippen molar-refractivity contribution in [1.29, 1.82) is 0 Å². The number of rotatable bonds is 9. The molecule has 1 fully saturated rings. The third-order valence-electron chi connectivity index (χ3n) is 7.93. The minimum atomic E-state index is -2.63. The Bertz CT molecular complexity index is 2000. The van der Waals surface area contributed by atoms with E-state index in [9.17, 15) is 13.2 Å². The van der Waals surface area contributed by atoms with Crippen molar-refractivity contribution in [3.8, 4) is 39.7 Å². The SMILES string of the molecule is CN(C)CCOc1cc(F)cc(-c2cncc3[nH]c(-c4n[nH]c5cnc(-c6cccc(CN7CCC(F)(F)C7)c6)cc45)nc23)c1. The summed E-state index contributed by atoms with van der Waals surface area (Å²) in [5, 5.41) is 8.37. The highest BCUT2D eigenvalue weighted by atomic mass is 19.3. The second-order valence-corrected chi connectivity index (χ2v) is 11.7. The highest BCUT2D eigenvalue weighted by Crippen LogP contribution is 2.34. The van der Waals surface area contributed by atoms with Gasteiger partial charge in [-0.05, 0) is 49.5 Å². The Morgan fingerprint density at radius 1 is 1.02 bits per heavy atom. The molecule has 230 valence electrons. The van der Waals surface area contributed by atoms with Crippen LogP contribution in [0, 0.1) is 5.82 Å². The van der Waals surface area contributed by atoms with Gasteiger partial charge in [0.25, 0.3) is 5.92 Å². The van der Waals surface area contributed by atoms with Crippen molar-refractivity contribution in [3.05, 3.63) is 78.5 Å². The van der Waals surface area contributed by atoms with E-state index in [4.69, 9.17) is 9.72 Å². The van der Waals surface area contributed by atoms with Crippen LogP contribution in [0.4, 0.5) is 13.2 Å². The summed E-state index contributed by atoms with van der Waals surface area (Å²) in [7, 11) is 3.90. The molecule has 0 amide bonds. The predicted molar refractivity (Wildman–Crippen MR) is 166 cm³/mol.